The second-order valence-corrected chi connectivity index (χ2v) is 17.0. The zero-order chi connectivity index (χ0) is 39.9. The highest BCUT2D eigenvalue weighted by molar-refractivity contribution is 6.48. The fourth-order valence-corrected chi connectivity index (χ4v) is 9.14. The number of fused-ring (bicyclic) bond motifs is 1. The number of carbonyl (C=O) groups excluding carboxylic acids is 4. The van der Waals surface area contributed by atoms with E-state index in [0.717, 1.165) is 51.4 Å². The second-order valence-electron chi connectivity index (χ2n) is 17.0. The van der Waals surface area contributed by atoms with Gasteiger partial charge in [-0.05, 0) is 87.2 Å². The van der Waals surface area contributed by atoms with Crippen molar-refractivity contribution in [3.05, 3.63) is 45.5 Å². The smallest absolute Gasteiger partial charge is 0.404 e. The minimum absolute atomic E-state index is 0.0304. The first-order chi connectivity index (χ1) is 26.1. The van der Waals surface area contributed by atoms with Crippen molar-refractivity contribution in [3.8, 4) is 0 Å². The van der Waals surface area contributed by atoms with Crippen molar-refractivity contribution in [3.63, 3.8) is 0 Å². The van der Waals surface area contributed by atoms with Crippen LogP contribution in [0, 0.1) is 33.3 Å². The largest absolute Gasteiger partial charge is 0.481 e. The summed E-state index contributed by atoms with van der Waals surface area (Å²) < 4.78 is 13.3. The van der Waals surface area contributed by atoms with Gasteiger partial charge in [-0.25, -0.2) is 15.1 Å². The second kappa shape index (κ2) is 18.3. The quantitative estimate of drug-likeness (QED) is 0.0261. The number of nitro groups is 1. The van der Waals surface area contributed by atoms with Crippen LogP contribution in [-0.4, -0.2) is 83.4 Å². The number of nitrogens with zero attached hydrogens (tertiary/aromatic N) is 3. The van der Waals surface area contributed by atoms with Crippen molar-refractivity contribution in [1.82, 2.24) is 21.0 Å². The maximum Gasteiger partial charge on any atom is 0.481 e. The highest BCUT2D eigenvalue weighted by Gasteiger charge is 2.68. The van der Waals surface area contributed by atoms with Crippen molar-refractivity contribution in [2.24, 2.45) is 33.9 Å². The molecule has 55 heavy (non-hydrogen) atoms. The van der Waals surface area contributed by atoms with E-state index in [4.69, 9.17) is 15.0 Å². The van der Waals surface area contributed by atoms with E-state index in [9.17, 15) is 29.3 Å². The van der Waals surface area contributed by atoms with Gasteiger partial charge in [0, 0.05) is 19.5 Å². The summed E-state index contributed by atoms with van der Waals surface area (Å²) in [6, 6.07) is 6.06. The van der Waals surface area contributed by atoms with Gasteiger partial charge in [0.25, 0.3) is 17.8 Å². The number of hydrazine groups is 1. The van der Waals surface area contributed by atoms with E-state index in [1.807, 2.05) is 5.43 Å². The molecule has 6 rings (SSSR count). The molecule has 6 atom stereocenters. The average Bonchev–Trinajstić information content (AvgIpc) is 3.60. The molecule has 1 aromatic rings. The molecule has 2 bridgehead atoms. The number of hydrogen-bond donors (Lipinski definition) is 4. The van der Waals surface area contributed by atoms with Crippen LogP contribution in [0.1, 0.15) is 139 Å². The zero-order valence-corrected chi connectivity index (χ0v) is 33.1. The third-order valence-electron chi connectivity index (χ3n) is 12.3. The molecule has 0 radical (unpaired) electrons. The lowest BCUT2D eigenvalue weighted by molar-refractivity contribution is -0.525. The summed E-state index contributed by atoms with van der Waals surface area (Å²) in [5.74, 6) is -0.534. The summed E-state index contributed by atoms with van der Waals surface area (Å²) in [7, 11) is -0.604. The van der Waals surface area contributed by atoms with Gasteiger partial charge in [0.15, 0.2) is 5.03 Å². The SMILES string of the molecule is CC(C)C[C@H](NC(=O)[C@H](CCCN=C(N)N[N+](=O)[O-])NC(=O)CCCCCCCCCN1C(=O)c2ccccc2C1=O)B1O[C@@H]2C[C@@H]3C[C@@H](C3(C)C)[C@]2(C)O1. The molecular formula is C39H60BN7O8. The molecule has 4 amide bonds. The molecule has 1 saturated heterocycles. The van der Waals surface area contributed by atoms with E-state index >= 15 is 0 Å². The number of nitrogens with two attached hydrogens (primary N) is 1. The molecule has 1 aromatic carbocycles. The lowest BCUT2D eigenvalue weighted by atomic mass is 9.43. The molecule has 3 aliphatic carbocycles. The van der Waals surface area contributed by atoms with Crippen LogP contribution in [0.25, 0.3) is 0 Å². The van der Waals surface area contributed by atoms with E-state index in [-0.39, 0.29) is 66.4 Å². The van der Waals surface area contributed by atoms with Crippen molar-refractivity contribution < 1.29 is 33.5 Å². The molecule has 5 aliphatic rings. The first kappa shape index (κ1) is 42.1. The zero-order valence-electron chi connectivity index (χ0n) is 33.1. The van der Waals surface area contributed by atoms with Gasteiger partial charge in [0.05, 0.1) is 28.8 Å². The number of nitrogens with one attached hydrogen (secondary N) is 3. The molecule has 0 aromatic heterocycles. The number of hydrogen-bond acceptors (Lipinski definition) is 9. The minimum atomic E-state index is -0.852. The number of carbonyl (C=O) groups is 4. The number of benzene rings is 1. The molecule has 0 spiro atoms. The van der Waals surface area contributed by atoms with E-state index in [2.05, 4.69) is 50.2 Å². The van der Waals surface area contributed by atoms with Crippen LogP contribution in [-0.2, 0) is 18.9 Å². The summed E-state index contributed by atoms with van der Waals surface area (Å²) in [6.07, 6.45) is 9.59. The summed E-state index contributed by atoms with van der Waals surface area (Å²) in [6.45, 7) is 11.5. The normalized spacial score (nSPS) is 24.9. The average molecular weight is 766 g/mol. The number of rotatable bonds is 21. The van der Waals surface area contributed by atoms with Gasteiger partial charge >= 0.3 is 7.12 Å². The molecule has 5 N–H and O–H groups in total. The summed E-state index contributed by atoms with van der Waals surface area (Å²) in [5, 5.41) is 16.0. The molecular weight excluding hydrogens is 705 g/mol. The summed E-state index contributed by atoms with van der Waals surface area (Å²) >= 11 is 0. The van der Waals surface area contributed by atoms with Crippen molar-refractivity contribution in [2.75, 3.05) is 13.1 Å². The Morgan fingerprint density at radius 3 is 2.25 bits per heavy atom. The van der Waals surface area contributed by atoms with Crippen LogP contribution in [0.3, 0.4) is 0 Å². The molecule has 2 aliphatic heterocycles. The monoisotopic (exact) mass is 765 g/mol. The number of imide groups is 1. The standard InChI is InChI=1S/C39H60BN7O8/c1-25(2)22-32(40-54-31-24-26-23-30(38(26,3)4)39(31,5)55-40)44-34(49)29(18-15-20-42-37(41)45-47(52)53)43-33(48)19-11-9-7-6-8-10-14-21-46-35(50)27-16-12-13-17-28(27)36(46)51/h12-13,16-17,25-26,29-32H,6-11,14-15,18-24H2,1-5H3,(H,43,48)(H,44,49)(H3,41,42,45)/t26-,29-,30-,31+,32-,39-/m0/s1. The number of aliphatic imine (C=N–C) groups is 1. The predicted molar refractivity (Wildman–Crippen MR) is 208 cm³/mol. The molecule has 16 heteroatoms. The number of guanidine groups is 1. The van der Waals surface area contributed by atoms with Crippen molar-refractivity contribution >= 4 is 36.7 Å². The topological polar surface area (TPSA) is 208 Å². The van der Waals surface area contributed by atoms with Crippen LogP contribution >= 0.6 is 0 Å². The van der Waals surface area contributed by atoms with Gasteiger partial charge in [-0.2, -0.15) is 0 Å². The first-order valence-electron chi connectivity index (χ1n) is 20.2. The third-order valence-corrected chi connectivity index (χ3v) is 12.3. The third kappa shape index (κ3) is 10.0. The number of amides is 4. The first-order valence-corrected chi connectivity index (χ1v) is 20.2. The Morgan fingerprint density at radius 2 is 1.64 bits per heavy atom. The molecule has 0 unspecified atom stereocenters. The van der Waals surface area contributed by atoms with Crippen LogP contribution in [0.15, 0.2) is 29.3 Å². The Bertz CT molecular complexity index is 1570. The maximum absolute atomic E-state index is 13.9. The highest BCUT2D eigenvalue weighted by Crippen LogP contribution is 2.65. The van der Waals surface area contributed by atoms with Gasteiger partial charge < -0.3 is 25.7 Å². The molecule has 3 saturated carbocycles. The Labute approximate surface area is 324 Å². The van der Waals surface area contributed by atoms with Crippen molar-refractivity contribution in [2.45, 2.75) is 142 Å². The molecule has 4 fully saturated rings. The van der Waals surface area contributed by atoms with Gasteiger partial charge in [-0.3, -0.25) is 24.1 Å². The van der Waals surface area contributed by atoms with Gasteiger partial charge in [0.2, 0.25) is 11.8 Å². The highest BCUT2D eigenvalue weighted by atomic mass is 16.7. The van der Waals surface area contributed by atoms with Gasteiger partial charge in [-0.15, -0.1) is 0 Å². The van der Waals surface area contributed by atoms with E-state index in [1.165, 1.54) is 4.90 Å². The molecule has 302 valence electrons. The van der Waals surface area contributed by atoms with Crippen LogP contribution in [0.2, 0.25) is 0 Å². The maximum atomic E-state index is 13.9. The van der Waals surface area contributed by atoms with Gasteiger partial charge in [-0.1, -0.05) is 77.4 Å². The van der Waals surface area contributed by atoms with Crippen molar-refractivity contribution in [1.29, 1.82) is 0 Å². The Kier molecular flexibility index (Phi) is 14.0. The molecule has 15 nitrogen and oxygen atoms in total. The Morgan fingerprint density at radius 1 is 1.00 bits per heavy atom. The molecule has 2 heterocycles. The van der Waals surface area contributed by atoms with Gasteiger partial charge in [0.1, 0.15) is 6.04 Å². The fourth-order valence-electron chi connectivity index (χ4n) is 9.14. The fraction of sp³-hybridized carbons (Fsp3) is 0.718. The van der Waals surface area contributed by atoms with Crippen LogP contribution in [0.5, 0.6) is 0 Å². The minimum Gasteiger partial charge on any atom is -0.404 e. The Balaban J connectivity index is 1.07. The summed E-state index contributed by atoms with van der Waals surface area (Å²) in [5.41, 5.74) is 8.08. The van der Waals surface area contributed by atoms with E-state index in [1.54, 1.807) is 24.3 Å². The van der Waals surface area contributed by atoms with Crippen LogP contribution in [0.4, 0.5) is 0 Å². The van der Waals surface area contributed by atoms with E-state index < -0.39 is 29.7 Å². The van der Waals surface area contributed by atoms with E-state index in [0.29, 0.717) is 48.8 Å². The lowest BCUT2D eigenvalue weighted by Gasteiger charge is -2.64. The van der Waals surface area contributed by atoms with Crippen LogP contribution < -0.4 is 21.8 Å². The number of unbranched alkanes of at least 4 members (excludes halogenated alkanes) is 6. The Hall–Kier alpha value is -4.05. The summed E-state index contributed by atoms with van der Waals surface area (Å²) in [4.78, 5) is 68.2. The lowest BCUT2D eigenvalue weighted by Crippen LogP contribution is -2.65. The predicted octanol–water partition coefficient (Wildman–Crippen LogP) is 4.56.